The third-order valence-electron chi connectivity index (χ3n) is 6.70. The number of rotatable bonds is 13. The molecule has 0 saturated heterocycles. The SMILES string of the molecule is CCC(C)NC(=O)C(CC)N(Cc1ccc(OC)cc1)C(=O)CN(c1ccc(F)c(Cl)c1)S(=O)(=O)c1ccccc1. The Kier molecular flexibility index (Phi) is 11.1. The quantitative estimate of drug-likeness (QED) is 0.282. The lowest BCUT2D eigenvalue weighted by atomic mass is 10.1. The number of anilines is 1. The third-order valence-corrected chi connectivity index (χ3v) is 8.78. The Morgan fingerprint density at radius 3 is 2.22 bits per heavy atom. The van der Waals surface area contributed by atoms with Crippen LogP contribution in [0.5, 0.6) is 5.75 Å². The number of carbonyl (C=O) groups is 2. The fourth-order valence-electron chi connectivity index (χ4n) is 4.18. The Balaban J connectivity index is 2.06. The van der Waals surface area contributed by atoms with E-state index in [0.717, 1.165) is 22.0 Å². The molecule has 0 radical (unpaired) electrons. The van der Waals surface area contributed by atoms with Crippen LogP contribution >= 0.6 is 11.6 Å². The van der Waals surface area contributed by atoms with Crippen molar-refractivity contribution in [1.82, 2.24) is 10.2 Å². The third kappa shape index (κ3) is 7.98. The average Bonchev–Trinajstić information content (AvgIpc) is 2.97. The Hall–Kier alpha value is -3.63. The van der Waals surface area contributed by atoms with Gasteiger partial charge in [0.25, 0.3) is 10.0 Å². The second-order valence-corrected chi connectivity index (χ2v) is 11.8. The van der Waals surface area contributed by atoms with E-state index in [2.05, 4.69) is 5.32 Å². The maximum absolute atomic E-state index is 14.1. The number of ether oxygens (including phenoxy) is 1. The Bertz CT molecular complexity index is 1440. The Morgan fingerprint density at radius 2 is 1.66 bits per heavy atom. The zero-order valence-electron chi connectivity index (χ0n) is 23.5. The van der Waals surface area contributed by atoms with Crippen molar-refractivity contribution in [2.45, 2.75) is 57.1 Å². The summed E-state index contributed by atoms with van der Waals surface area (Å²) in [4.78, 5) is 28.7. The first-order valence-electron chi connectivity index (χ1n) is 13.3. The van der Waals surface area contributed by atoms with Gasteiger partial charge in [-0.1, -0.05) is 55.8 Å². The molecule has 2 atom stereocenters. The molecule has 0 bridgehead atoms. The number of nitrogens with one attached hydrogen (secondary N) is 1. The number of nitrogens with zero attached hydrogens (tertiary/aromatic N) is 2. The molecule has 220 valence electrons. The maximum atomic E-state index is 14.1. The summed E-state index contributed by atoms with van der Waals surface area (Å²) in [5.74, 6) is -1.06. The van der Waals surface area contributed by atoms with Gasteiger partial charge in [-0.2, -0.15) is 0 Å². The number of hydrogen-bond donors (Lipinski definition) is 1. The summed E-state index contributed by atoms with van der Waals surface area (Å²) in [7, 11) is -2.74. The molecule has 0 aliphatic carbocycles. The van der Waals surface area contributed by atoms with Crippen LogP contribution in [0.3, 0.4) is 0 Å². The van der Waals surface area contributed by atoms with Crippen LogP contribution in [0.1, 0.15) is 39.2 Å². The predicted octanol–water partition coefficient (Wildman–Crippen LogP) is 5.41. The highest BCUT2D eigenvalue weighted by molar-refractivity contribution is 7.92. The van der Waals surface area contributed by atoms with Crippen LogP contribution in [-0.2, 0) is 26.2 Å². The zero-order valence-corrected chi connectivity index (χ0v) is 25.1. The largest absolute Gasteiger partial charge is 0.497 e. The maximum Gasteiger partial charge on any atom is 0.264 e. The molecule has 2 amide bonds. The molecule has 3 aromatic carbocycles. The first-order valence-corrected chi connectivity index (χ1v) is 15.1. The standard InChI is InChI=1S/C30H35ClFN3O5S/c1-5-21(3)33-30(37)28(6-2)34(19-22-12-15-24(40-4)16-13-22)29(36)20-35(23-14-17-27(32)26(31)18-23)41(38,39)25-10-8-7-9-11-25/h7-18,21,28H,5-6,19-20H2,1-4H3,(H,33,37). The van der Waals surface area contributed by atoms with Crippen molar-refractivity contribution >= 4 is 39.1 Å². The Morgan fingerprint density at radius 1 is 1.00 bits per heavy atom. The van der Waals surface area contributed by atoms with Crippen molar-refractivity contribution in [2.24, 2.45) is 0 Å². The van der Waals surface area contributed by atoms with Gasteiger partial charge >= 0.3 is 0 Å². The van der Waals surface area contributed by atoms with E-state index in [4.69, 9.17) is 16.3 Å². The van der Waals surface area contributed by atoms with Gasteiger partial charge in [0, 0.05) is 12.6 Å². The second kappa shape index (κ2) is 14.3. The number of benzene rings is 3. The topological polar surface area (TPSA) is 96.0 Å². The van der Waals surface area contributed by atoms with Crippen molar-refractivity contribution in [1.29, 1.82) is 0 Å². The lowest BCUT2D eigenvalue weighted by Gasteiger charge is -2.33. The van der Waals surface area contributed by atoms with Crippen LogP contribution in [0.25, 0.3) is 0 Å². The molecule has 11 heteroatoms. The molecule has 0 spiro atoms. The molecule has 0 aromatic heterocycles. The Labute approximate surface area is 246 Å². The molecule has 1 N–H and O–H groups in total. The molecule has 0 aliphatic rings. The molecule has 0 aliphatic heterocycles. The minimum atomic E-state index is -4.28. The molecule has 0 heterocycles. The van der Waals surface area contributed by atoms with Crippen molar-refractivity contribution in [2.75, 3.05) is 18.0 Å². The van der Waals surface area contributed by atoms with Crippen LogP contribution in [-0.4, -0.2) is 50.9 Å². The van der Waals surface area contributed by atoms with Gasteiger partial charge in [-0.05, 0) is 67.8 Å². The number of methoxy groups -OCH3 is 1. The summed E-state index contributed by atoms with van der Waals surface area (Å²) >= 11 is 6.01. The monoisotopic (exact) mass is 603 g/mol. The van der Waals surface area contributed by atoms with Crippen molar-refractivity contribution in [3.63, 3.8) is 0 Å². The number of sulfonamides is 1. The first kappa shape index (κ1) is 31.9. The van der Waals surface area contributed by atoms with E-state index in [1.54, 1.807) is 56.5 Å². The van der Waals surface area contributed by atoms with Gasteiger partial charge in [0.15, 0.2) is 0 Å². The highest BCUT2D eigenvalue weighted by Crippen LogP contribution is 2.28. The molecule has 41 heavy (non-hydrogen) atoms. The van der Waals surface area contributed by atoms with Crippen molar-refractivity contribution in [3.8, 4) is 5.75 Å². The lowest BCUT2D eigenvalue weighted by Crippen LogP contribution is -2.53. The predicted molar refractivity (Wildman–Crippen MR) is 158 cm³/mol. The van der Waals surface area contributed by atoms with E-state index in [0.29, 0.717) is 12.2 Å². The van der Waals surface area contributed by atoms with E-state index in [-0.39, 0.29) is 40.5 Å². The van der Waals surface area contributed by atoms with Gasteiger partial charge in [0.1, 0.15) is 24.2 Å². The number of amides is 2. The van der Waals surface area contributed by atoms with Gasteiger partial charge in [-0.15, -0.1) is 0 Å². The minimum absolute atomic E-state index is 0.00936. The van der Waals surface area contributed by atoms with Crippen LogP contribution in [0.2, 0.25) is 5.02 Å². The summed E-state index contributed by atoms with van der Waals surface area (Å²) in [5, 5.41) is 2.64. The normalized spacial score (nSPS) is 12.7. The molecule has 0 saturated carbocycles. The summed E-state index contributed by atoms with van der Waals surface area (Å²) in [6.45, 7) is 4.98. The average molecular weight is 604 g/mol. The van der Waals surface area contributed by atoms with Crippen LogP contribution < -0.4 is 14.4 Å². The van der Waals surface area contributed by atoms with E-state index >= 15 is 0 Å². The minimum Gasteiger partial charge on any atom is -0.497 e. The first-order chi connectivity index (χ1) is 19.5. The fraction of sp³-hybridized carbons (Fsp3) is 0.333. The smallest absolute Gasteiger partial charge is 0.264 e. The molecule has 2 unspecified atom stereocenters. The molecule has 3 aromatic rings. The van der Waals surface area contributed by atoms with E-state index < -0.39 is 34.3 Å². The second-order valence-electron chi connectivity index (χ2n) is 9.53. The van der Waals surface area contributed by atoms with Crippen LogP contribution in [0.15, 0.2) is 77.7 Å². The van der Waals surface area contributed by atoms with E-state index in [1.165, 1.54) is 23.1 Å². The summed E-state index contributed by atoms with van der Waals surface area (Å²) in [6.07, 6.45) is 0.987. The van der Waals surface area contributed by atoms with Gasteiger partial charge in [-0.3, -0.25) is 13.9 Å². The summed E-state index contributed by atoms with van der Waals surface area (Å²) in [5.41, 5.74) is 0.728. The van der Waals surface area contributed by atoms with Crippen molar-refractivity contribution < 1.29 is 27.1 Å². The lowest BCUT2D eigenvalue weighted by molar-refractivity contribution is -0.140. The van der Waals surface area contributed by atoms with Gasteiger partial charge in [0.05, 0.1) is 22.7 Å². The van der Waals surface area contributed by atoms with Gasteiger partial charge in [0.2, 0.25) is 11.8 Å². The number of halogens is 2. The van der Waals surface area contributed by atoms with Gasteiger partial charge in [-0.25, -0.2) is 12.8 Å². The number of carbonyl (C=O) groups excluding carboxylic acids is 2. The highest BCUT2D eigenvalue weighted by Gasteiger charge is 2.34. The van der Waals surface area contributed by atoms with E-state index in [1.807, 2.05) is 13.8 Å². The van der Waals surface area contributed by atoms with Crippen molar-refractivity contribution in [3.05, 3.63) is 89.2 Å². The molecule has 3 rings (SSSR count). The fourth-order valence-corrected chi connectivity index (χ4v) is 5.78. The zero-order chi connectivity index (χ0) is 30.2. The van der Waals surface area contributed by atoms with E-state index in [9.17, 15) is 22.4 Å². The summed E-state index contributed by atoms with van der Waals surface area (Å²) < 4.78 is 47.7. The number of hydrogen-bond acceptors (Lipinski definition) is 5. The highest BCUT2D eigenvalue weighted by atomic mass is 35.5. The van der Waals surface area contributed by atoms with Crippen LogP contribution in [0.4, 0.5) is 10.1 Å². The summed E-state index contributed by atoms with van der Waals surface area (Å²) in [6, 6.07) is 17.1. The van der Waals surface area contributed by atoms with Crippen LogP contribution in [0, 0.1) is 5.82 Å². The molecule has 8 nitrogen and oxygen atoms in total. The molecular weight excluding hydrogens is 569 g/mol. The molecular formula is C30H35ClFN3O5S. The molecule has 0 fully saturated rings. The van der Waals surface area contributed by atoms with Gasteiger partial charge < -0.3 is 15.0 Å².